The number of hydrogen-bond donors (Lipinski definition) is 1. The number of hydrogen-bond acceptors (Lipinski definition) is 3. The summed E-state index contributed by atoms with van der Waals surface area (Å²) in [4.78, 5) is 0. The molecule has 1 fully saturated rings. The van der Waals surface area contributed by atoms with E-state index in [1.54, 1.807) is 0 Å². The Hall–Kier alpha value is -0.690. The van der Waals surface area contributed by atoms with Gasteiger partial charge in [-0.3, -0.25) is 0 Å². The van der Waals surface area contributed by atoms with Gasteiger partial charge in [-0.05, 0) is 43.5 Å². The standard InChI is InChI=1S/C13H18ClFN2O2S/c1-9-4-11(6-16)7-17(9)20(18,19)8-10-2-3-13(15)12(14)5-10/h2-3,5,9,11H,4,6-8,16H2,1H3. The molecule has 1 aromatic rings. The molecule has 0 amide bonds. The highest BCUT2D eigenvalue weighted by Crippen LogP contribution is 2.27. The molecule has 2 rings (SSSR count). The topological polar surface area (TPSA) is 63.4 Å². The van der Waals surface area contributed by atoms with Gasteiger partial charge in [-0.25, -0.2) is 12.8 Å². The molecule has 0 spiro atoms. The lowest BCUT2D eigenvalue weighted by molar-refractivity contribution is 0.404. The number of nitrogens with two attached hydrogens (primary N) is 1. The van der Waals surface area contributed by atoms with E-state index in [0.29, 0.717) is 18.7 Å². The normalized spacial score (nSPS) is 24.2. The molecule has 2 unspecified atom stereocenters. The van der Waals surface area contributed by atoms with Gasteiger partial charge in [0.1, 0.15) is 5.82 Å². The zero-order valence-electron chi connectivity index (χ0n) is 11.2. The molecule has 0 radical (unpaired) electrons. The average Bonchev–Trinajstić information content (AvgIpc) is 2.76. The minimum absolute atomic E-state index is 0.0514. The van der Waals surface area contributed by atoms with E-state index in [1.807, 2.05) is 6.92 Å². The molecule has 0 aromatic heterocycles. The summed E-state index contributed by atoms with van der Waals surface area (Å²) in [5.41, 5.74) is 6.10. The molecule has 2 N–H and O–H groups in total. The van der Waals surface area contributed by atoms with Gasteiger partial charge < -0.3 is 5.73 Å². The predicted molar refractivity (Wildman–Crippen MR) is 77.4 cm³/mol. The summed E-state index contributed by atoms with van der Waals surface area (Å²) < 4.78 is 39.4. The van der Waals surface area contributed by atoms with Crippen molar-refractivity contribution in [2.75, 3.05) is 13.1 Å². The Morgan fingerprint density at radius 2 is 2.20 bits per heavy atom. The lowest BCUT2D eigenvalue weighted by Gasteiger charge is -2.21. The predicted octanol–water partition coefficient (Wildman–Crippen LogP) is 1.98. The summed E-state index contributed by atoms with van der Waals surface area (Å²) >= 11 is 5.68. The van der Waals surface area contributed by atoms with Crippen LogP contribution in [0.25, 0.3) is 0 Å². The van der Waals surface area contributed by atoms with E-state index < -0.39 is 15.8 Å². The molecular weight excluding hydrogens is 303 g/mol. The molecule has 20 heavy (non-hydrogen) atoms. The van der Waals surface area contributed by atoms with Gasteiger partial charge in [-0.1, -0.05) is 17.7 Å². The smallest absolute Gasteiger partial charge is 0.218 e. The van der Waals surface area contributed by atoms with Crippen LogP contribution in [0.4, 0.5) is 4.39 Å². The molecule has 1 heterocycles. The summed E-state index contributed by atoms with van der Waals surface area (Å²) in [6.45, 7) is 2.82. The summed E-state index contributed by atoms with van der Waals surface area (Å²) in [5.74, 6) is -0.517. The highest BCUT2D eigenvalue weighted by Gasteiger charge is 2.36. The molecule has 112 valence electrons. The van der Waals surface area contributed by atoms with Gasteiger partial charge in [0.05, 0.1) is 10.8 Å². The van der Waals surface area contributed by atoms with Crippen molar-refractivity contribution in [3.05, 3.63) is 34.6 Å². The first-order valence-electron chi connectivity index (χ1n) is 6.47. The van der Waals surface area contributed by atoms with Gasteiger partial charge in [0.2, 0.25) is 10.0 Å². The Bertz CT molecular complexity index is 594. The fourth-order valence-electron chi connectivity index (χ4n) is 2.59. The number of halogens is 2. The Kier molecular flexibility index (Phi) is 4.69. The molecule has 1 saturated heterocycles. The summed E-state index contributed by atoms with van der Waals surface area (Å²) in [6.07, 6.45) is 0.778. The largest absolute Gasteiger partial charge is 0.330 e. The molecule has 4 nitrogen and oxygen atoms in total. The zero-order chi connectivity index (χ0) is 14.9. The third-order valence-electron chi connectivity index (χ3n) is 3.63. The maximum atomic E-state index is 13.1. The van der Waals surface area contributed by atoms with Crippen molar-refractivity contribution in [3.63, 3.8) is 0 Å². The monoisotopic (exact) mass is 320 g/mol. The molecule has 1 aliphatic rings. The van der Waals surface area contributed by atoms with Crippen LogP contribution in [-0.2, 0) is 15.8 Å². The van der Waals surface area contributed by atoms with Crippen LogP contribution in [0.5, 0.6) is 0 Å². The molecule has 0 bridgehead atoms. The Morgan fingerprint density at radius 1 is 1.50 bits per heavy atom. The Morgan fingerprint density at radius 3 is 2.75 bits per heavy atom. The minimum atomic E-state index is -3.44. The minimum Gasteiger partial charge on any atom is -0.330 e. The first-order chi connectivity index (χ1) is 9.33. The fraction of sp³-hybridized carbons (Fsp3) is 0.538. The summed E-state index contributed by atoms with van der Waals surface area (Å²) in [7, 11) is -3.44. The van der Waals surface area contributed by atoms with Crippen molar-refractivity contribution in [2.45, 2.75) is 25.1 Å². The molecule has 1 aliphatic heterocycles. The van der Waals surface area contributed by atoms with Gasteiger partial charge in [-0.15, -0.1) is 0 Å². The van der Waals surface area contributed by atoms with E-state index >= 15 is 0 Å². The van der Waals surface area contributed by atoms with E-state index in [9.17, 15) is 12.8 Å². The van der Waals surface area contributed by atoms with Crippen LogP contribution in [0.2, 0.25) is 5.02 Å². The van der Waals surface area contributed by atoms with Crippen LogP contribution in [0, 0.1) is 11.7 Å². The van der Waals surface area contributed by atoms with Crippen LogP contribution in [0.3, 0.4) is 0 Å². The lowest BCUT2D eigenvalue weighted by Crippen LogP contribution is -2.35. The van der Waals surface area contributed by atoms with Crippen LogP contribution in [0.15, 0.2) is 18.2 Å². The zero-order valence-corrected chi connectivity index (χ0v) is 12.8. The fourth-order valence-corrected chi connectivity index (χ4v) is 4.63. The van der Waals surface area contributed by atoms with Gasteiger partial charge in [0.15, 0.2) is 0 Å². The second-order valence-electron chi connectivity index (χ2n) is 5.26. The van der Waals surface area contributed by atoms with Crippen molar-refractivity contribution >= 4 is 21.6 Å². The first kappa shape index (κ1) is 15.7. The molecule has 2 atom stereocenters. The van der Waals surface area contributed by atoms with E-state index in [2.05, 4.69) is 0 Å². The third-order valence-corrected chi connectivity index (χ3v) is 5.84. The van der Waals surface area contributed by atoms with Crippen LogP contribution >= 0.6 is 11.6 Å². The van der Waals surface area contributed by atoms with E-state index in [0.717, 1.165) is 6.42 Å². The Balaban J connectivity index is 2.17. The number of benzene rings is 1. The average molecular weight is 321 g/mol. The van der Waals surface area contributed by atoms with E-state index in [1.165, 1.54) is 22.5 Å². The quantitative estimate of drug-likeness (QED) is 0.922. The van der Waals surface area contributed by atoms with Crippen molar-refractivity contribution < 1.29 is 12.8 Å². The summed E-state index contributed by atoms with van der Waals surface area (Å²) in [6, 6.07) is 3.93. The van der Waals surface area contributed by atoms with Gasteiger partial charge in [0.25, 0.3) is 0 Å². The maximum Gasteiger partial charge on any atom is 0.218 e. The highest BCUT2D eigenvalue weighted by molar-refractivity contribution is 7.88. The van der Waals surface area contributed by atoms with Crippen molar-refractivity contribution in [2.24, 2.45) is 11.7 Å². The molecule has 7 heteroatoms. The van der Waals surface area contributed by atoms with Crippen molar-refractivity contribution in [3.8, 4) is 0 Å². The molecule has 0 aliphatic carbocycles. The van der Waals surface area contributed by atoms with Gasteiger partial charge >= 0.3 is 0 Å². The summed E-state index contributed by atoms with van der Waals surface area (Å²) in [5, 5.41) is -0.0630. The van der Waals surface area contributed by atoms with Crippen LogP contribution < -0.4 is 5.73 Å². The van der Waals surface area contributed by atoms with E-state index in [4.69, 9.17) is 17.3 Å². The third kappa shape index (κ3) is 3.31. The van der Waals surface area contributed by atoms with Crippen molar-refractivity contribution in [1.29, 1.82) is 0 Å². The molecule has 0 saturated carbocycles. The van der Waals surface area contributed by atoms with Crippen LogP contribution in [-0.4, -0.2) is 31.9 Å². The van der Waals surface area contributed by atoms with Gasteiger partial charge in [-0.2, -0.15) is 4.31 Å². The van der Waals surface area contributed by atoms with Crippen molar-refractivity contribution in [1.82, 2.24) is 4.31 Å². The second-order valence-corrected chi connectivity index (χ2v) is 7.59. The van der Waals surface area contributed by atoms with E-state index in [-0.39, 0.29) is 22.7 Å². The number of rotatable bonds is 4. The SMILES string of the molecule is CC1CC(CN)CN1S(=O)(=O)Cc1ccc(F)c(Cl)c1. The Labute approximate surface area is 123 Å². The second kappa shape index (κ2) is 5.97. The molecule has 1 aromatic carbocycles. The number of sulfonamides is 1. The van der Waals surface area contributed by atoms with Gasteiger partial charge in [0, 0.05) is 12.6 Å². The molecular formula is C13H18ClFN2O2S. The highest BCUT2D eigenvalue weighted by atomic mass is 35.5. The number of nitrogens with zero attached hydrogens (tertiary/aromatic N) is 1. The first-order valence-corrected chi connectivity index (χ1v) is 8.45. The maximum absolute atomic E-state index is 13.1. The lowest BCUT2D eigenvalue weighted by atomic mass is 10.1. The van der Waals surface area contributed by atoms with Crippen LogP contribution in [0.1, 0.15) is 18.9 Å².